The van der Waals surface area contributed by atoms with Gasteiger partial charge in [0.15, 0.2) is 0 Å². The minimum atomic E-state index is 0. The summed E-state index contributed by atoms with van der Waals surface area (Å²) >= 11 is 0. The number of hydrogen-bond donors (Lipinski definition) is 3. The number of carbonyl (C=O) groups is 2. The number of amides is 2. The zero-order valence-corrected chi connectivity index (χ0v) is 17.4. The second-order valence-corrected chi connectivity index (χ2v) is 8.79. The van der Waals surface area contributed by atoms with Crippen LogP contribution in [0.25, 0.3) is 0 Å². The van der Waals surface area contributed by atoms with Crippen molar-refractivity contribution < 1.29 is 9.59 Å². The number of rotatable bonds is 6. The zero-order valence-electron chi connectivity index (χ0n) is 16.6. The maximum Gasteiger partial charge on any atom is 0.223 e. The van der Waals surface area contributed by atoms with Crippen molar-refractivity contribution in [1.82, 2.24) is 10.6 Å². The Labute approximate surface area is 170 Å². The van der Waals surface area contributed by atoms with E-state index in [0.717, 1.165) is 38.5 Å². The summed E-state index contributed by atoms with van der Waals surface area (Å²) in [7, 11) is 0. The molecule has 0 aromatic heterocycles. The van der Waals surface area contributed by atoms with Gasteiger partial charge in [0.2, 0.25) is 11.8 Å². The molecule has 0 aliphatic heterocycles. The van der Waals surface area contributed by atoms with Crippen LogP contribution in [-0.4, -0.2) is 30.4 Å². The van der Waals surface area contributed by atoms with Gasteiger partial charge in [0.1, 0.15) is 0 Å². The van der Waals surface area contributed by atoms with E-state index in [-0.39, 0.29) is 48.1 Å². The molecule has 3 fully saturated rings. The van der Waals surface area contributed by atoms with Gasteiger partial charge in [-0.1, -0.05) is 32.1 Å². The molecule has 3 rings (SSSR count). The first kappa shape index (κ1) is 22.5. The summed E-state index contributed by atoms with van der Waals surface area (Å²) in [4.78, 5) is 25.0. The van der Waals surface area contributed by atoms with Gasteiger partial charge in [-0.15, -0.1) is 12.4 Å². The first-order valence-corrected chi connectivity index (χ1v) is 11.0. The monoisotopic (exact) mass is 399 g/mol. The molecule has 3 saturated carbocycles. The molecule has 27 heavy (non-hydrogen) atoms. The lowest BCUT2D eigenvalue weighted by molar-refractivity contribution is -0.127. The van der Waals surface area contributed by atoms with E-state index in [1.165, 1.54) is 44.9 Å². The number of carbonyl (C=O) groups excluding carboxylic acids is 2. The van der Waals surface area contributed by atoms with Crippen LogP contribution in [-0.2, 0) is 9.59 Å². The van der Waals surface area contributed by atoms with Gasteiger partial charge < -0.3 is 16.4 Å². The van der Waals surface area contributed by atoms with Crippen molar-refractivity contribution in [2.24, 2.45) is 23.5 Å². The summed E-state index contributed by atoms with van der Waals surface area (Å²) in [6.07, 6.45) is 14.3. The zero-order chi connectivity index (χ0) is 18.4. The summed E-state index contributed by atoms with van der Waals surface area (Å²) in [5.74, 6) is 1.31. The number of nitrogens with one attached hydrogen (secondary N) is 2. The third-order valence-corrected chi connectivity index (χ3v) is 6.97. The highest BCUT2D eigenvalue weighted by atomic mass is 35.5. The predicted octanol–water partition coefficient (Wildman–Crippen LogP) is 3.30. The van der Waals surface area contributed by atoms with Gasteiger partial charge in [-0.25, -0.2) is 0 Å². The van der Waals surface area contributed by atoms with Gasteiger partial charge in [0.05, 0.1) is 0 Å². The van der Waals surface area contributed by atoms with Crippen LogP contribution in [0.2, 0.25) is 0 Å². The Morgan fingerprint density at radius 3 is 1.93 bits per heavy atom. The lowest BCUT2D eigenvalue weighted by atomic mass is 9.82. The highest BCUT2D eigenvalue weighted by Crippen LogP contribution is 2.29. The van der Waals surface area contributed by atoms with Crippen LogP contribution < -0.4 is 16.4 Å². The van der Waals surface area contributed by atoms with Crippen molar-refractivity contribution in [2.75, 3.05) is 6.54 Å². The van der Waals surface area contributed by atoms with E-state index in [4.69, 9.17) is 5.73 Å². The molecule has 0 aromatic rings. The molecule has 0 heterocycles. The fourth-order valence-electron chi connectivity index (χ4n) is 5.21. The quantitative estimate of drug-likeness (QED) is 0.640. The van der Waals surface area contributed by atoms with E-state index in [1.807, 2.05) is 0 Å². The van der Waals surface area contributed by atoms with Crippen LogP contribution in [0.1, 0.15) is 83.5 Å². The summed E-state index contributed by atoms with van der Waals surface area (Å²) in [6, 6.07) is 0.401. The topological polar surface area (TPSA) is 84.2 Å². The molecule has 1 unspecified atom stereocenters. The number of halogens is 1. The third kappa shape index (κ3) is 6.35. The van der Waals surface area contributed by atoms with Crippen molar-refractivity contribution in [3.05, 3.63) is 0 Å². The maximum absolute atomic E-state index is 12.7. The molecule has 1 atom stereocenters. The Morgan fingerprint density at radius 2 is 1.33 bits per heavy atom. The van der Waals surface area contributed by atoms with E-state index >= 15 is 0 Å². The Kier molecular flexibility index (Phi) is 9.37. The normalized spacial score (nSPS) is 28.2. The molecule has 0 saturated heterocycles. The van der Waals surface area contributed by atoms with Crippen LogP contribution in [0.3, 0.4) is 0 Å². The van der Waals surface area contributed by atoms with E-state index in [1.54, 1.807) is 0 Å². The van der Waals surface area contributed by atoms with Crippen molar-refractivity contribution >= 4 is 24.2 Å². The molecule has 4 N–H and O–H groups in total. The Bertz CT molecular complexity index is 468. The fourth-order valence-corrected chi connectivity index (χ4v) is 5.21. The van der Waals surface area contributed by atoms with Crippen molar-refractivity contribution in [3.8, 4) is 0 Å². The van der Waals surface area contributed by atoms with Gasteiger partial charge in [-0.3, -0.25) is 9.59 Å². The summed E-state index contributed by atoms with van der Waals surface area (Å²) < 4.78 is 0. The Morgan fingerprint density at radius 1 is 0.778 bits per heavy atom. The van der Waals surface area contributed by atoms with E-state index in [0.29, 0.717) is 12.5 Å². The van der Waals surface area contributed by atoms with Crippen molar-refractivity contribution in [1.29, 1.82) is 0 Å². The first-order chi connectivity index (χ1) is 12.7. The second kappa shape index (κ2) is 11.3. The Balaban J connectivity index is 0.00000261. The Hall–Kier alpha value is -0.810. The van der Waals surface area contributed by atoms with Crippen LogP contribution in [0.15, 0.2) is 0 Å². The fraction of sp³-hybridized carbons (Fsp3) is 0.905. The molecule has 0 bridgehead atoms. The number of nitrogens with two attached hydrogens (primary N) is 1. The molecule has 5 nitrogen and oxygen atoms in total. The highest BCUT2D eigenvalue weighted by molar-refractivity contribution is 5.85. The van der Waals surface area contributed by atoms with E-state index < -0.39 is 0 Å². The molecule has 3 aliphatic carbocycles. The van der Waals surface area contributed by atoms with Gasteiger partial charge in [-0.2, -0.15) is 0 Å². The highest BCUT2D eigenvalue weighted by Gasteiger charge is 2.31. The van der Waals surface area contributed by atoms with Crippen LogP contribution in [0, 0.1) is 17.8 Å². The van der Waals surface area contributed by atoms with Crippen molar-refractivity contribution in [3.63, 3.8) is 0 Å². The van der Waals surface area contributed by atoms with Crippen LogP contribution in [0.4, 0.5) is 0 Å². The van der Waals surface area contributed by atoms with Crippen LogP contribution >= 0.6 is 12.4 Å². The molecule has 156 valence electrons. The molecule has 0 radical (unpaired) electrons. The van der Waals surface area contributed by atoms with E-state index in [2.05, 4.69) is 10.6 Å². The van der Waals surface area contributed by atoms with Gasteiger partial charge in [0.25, 0.3) is 0 Å². The lowest BCUT2D eigenvalue weighted by Crippen LogP contribution is -2.49. The lowest BCUT2D eigenvalue weighted by Gasteiger charge is -2.33. The maximum atomic E-state index is 12.7. The number of hydrogen-bond acceptors (Lipinski definition) is 3. The molecule has 0 spiro atoms. The molecular formula is C21H38ClN3O2. The first-order valence-electron chi connectivity index (χ1n) is 11.0. The van der Waals surface area contributed by atoms with Gasteiger partial charge >= 0.3 is 0 Å². The summed E-state index contributed by atoms with van der Waals surface area (Å²) in [5.41, 5.74) is 5.96. The molecule has 0 aromatic carbocycles. The molecule has 3 aliphatic rings. The molecule has 6 heteroatoms. The van der Waals surface area contributed by atoms with Gasteiger partial charge in [0, 0.05) is 30.5 Å². The van der Waals surface area contributed by atoms with Crippen molar-refractivity contribution in [2.45, 2.75) is 95.6 Å². The smallest absolute Gasteiger partial charge is 0.223 e. The standard InChI is InChI=1S/C21H37N3O2.ClH/c22-14-19(15-6-2-1-3-7-15)24-21(26)17-10-12-18(13-11-17)23-20(25)16-8-4-5-9-16;/h15-19H,1-14,22H2,(H,23,25)(H,24,26);1H. The minimum absolute atomic E-state index is 0. The second-order valence-electron chi connectivity index (χ2n) is 8.79. The average Bonchev–Trinajstić information content (AvgIpc) is 3.22. The largest absolute Gasteiger partial charge is 0.353 e. The van der Waals surface area contributed by atoms with Crippen LogP contribution in [0.5, 0.6) is 0 Å². The summed E-state index contributed by atoms with van der Waals surface area (Å²) in [5, 5.41) is 6.49. The third-order valence-electron chi connectivity index (χ3n) is 6.97. The predicted molar refractivity (Wildman–Crippen MR) is 111 cm³/mol. The SMILES string of the molecule is Cl.NCC(NC(=O)C1CCC(NC(=O)C2CCCC2)CC1)C1CCCCC1. The minimum Gasteiger partial charge on any atom is -0.353 e. The summed E-state index contributed by atoms with van der Waals surface area (Å²) in [6.45, 7) is 0.545. The molecular weight excluding hydrogens is 362 g/mol. The van der Waals surface area contributed by atoms with E-state index in [9.17, 15) is 9.59 Å². The molecule has 2 amide bonds. The average molecular weight is 400 g/mol. The van der Waals surface area contributed by atoms with Gasteiger partial charge in [-0.05, 0) is 57.3 Å².